The minimum atomic E-state index is -0.765. The number of carbonyl (C=O) groups excluding carboxylic acids is 2. The van der Waals surface area contributed by atoms with Gasteiger partial charge in [0.2, 0.25) is 0 Å². The van der Waals surface area contributed by atoms with Gasteiger partial charge < -0.3 is 4.74 Å². The van der Waals surface area contributed by atoms with E-state index in [0.29, 0.717) is 0 Å². The summed E-state index contributed by atoms with van der Waals surface area (Å²) in [4.78, 5) is 22.4. The van der Waals surface area contributed by atoms with E-state index in [4.69, 9.17) is 23.2 Å². The Morgan fingerprint density at radius 2 is 1.88 bits per heavy atom. The van der Waals surface area contributed by atoms with Crippen LogP contribution < -0.4 is 0 Å². The van der Waals surface area contributed by atoms with E-state index < -0.39 is 24.0 Å². The second-order valence-electron chi connectivity index (χ2n) is 2.92. The van der Waals surface area contributed by atoms with Crippen LogP contribution in [0.15, 0.2) is 12.1 Å². The topological polar surface area (TPSA) is 43.4 Å². The van der Waals surface area contributed by atoms with Gasteiger partial charge in [0.15, 0.2) is 5.78 Å². The van der Waals surface area contributed by atoms with E-state index in [9.17, 15) is 14.0 Å². The molecule has 1 aromatic carbocycles. The molecule has 3 nitrogen and oxygen atoms in total. The summed E-state index contributed by atoms with van der Waals surface area (Å²) in [7, 11) is 1.15. The molecule has 0 heterocycles. The SMILES string of the molecule is COC(=O)CC(=O)c1cc(F)c(Cl)cc1Cl.[NaH]. The standard InChI is InChI=1S/C10H7Cl2FO3.Na.H/c1-16-10(15)4-9(14)5-2-8(13)7(12)3-6(5)11;;/h2-3H,4H2,1H3;;. The predicted molar refractivity (Wildman–Crippen MR) is 64.5 cm³/mol. The molecule has 0 amide bonds. The number of carbonyl (C=O) groups is 2. The first-order valence-electron chi connectivity index (χ1n) is 4.20. The van der Waals surface area contributed by atoms with E-state index in [1.54, 1.807) is 0 Å². The number of hydrogen-bond acceptors (Lipinski definition) is 3. The molecule has 0 atom stereocenters. The molecule has 7 heteroatoms. The van der Waals surface area contributed by atoms with E-state index >= 15 is 0 Å². The third-order valence-electron chi connectivity index (χ3n) is 1.84. The first-order valence-corrected chi connectivity index (χ1v) is 4.96. The fraction of sp³-hybridized carbons (Fsp3) is 0.200. The van der Waals surface area contributed by atoms with Gasteiger partial charge in [0.25, 0.3) is 0 Å². The van der Waals surface area contributed by atoms with Crippen molar-refractivity contribution in [1.29, 1.82) is 0 Å². The van der Waals surface area contributed by atoms with Gasteiger partial charge in [-0.15, -0.1) is 0 Å². The summed E-state index contributed by atoms with van der Waals surface area (Å²) in [6.07, 6.45) is -0.489. The first kappa shape index (κ1) is 16.9. The van der Waals surface area contributed by atoms with Crippen molar-refractivity contribution in [2.75, 3.05) is 7.11 Å². The molecular formula is C10H8Cl2FNaO3. The predicted octanol–water partition coefficient (Wildman–Crippen LogP) is 2.23. The molecule has 0 aliphatic rings. The van der Waals surface area contributed by atoms with Crippen LogP contribution in [0.25, 0.3) is 0 Å². The van der Waals surface area contributed by atoms with Gasteiger partial charge in [-0.25, -0.2) is 4.39 Å². The second kappa shape index (κ2) is 7.34. The summed E-state index contributed by atoms with van der Waals surface area (Å²) in [6.45, 7) is 0. The summed E-state index contributed by atoms with van der Waals surface area (Å²) >= 11 is 11.2. The van der Waals surface area contributed by atoms with Gasteiger partial charge in [0.05, 0.1) is 17.2 Å². The summed E-state index contributed by atoms with van der Waals surface area (Å²) in [6, 6.07) is 2.01. The summed E-state index contributed by atoms with van der Waals surface area (Å²) in [5.41, 5.74) is -0.0889. The van der Waals surface area contributed by atoms with Crippen LogP contribution in [0.3, 0.4) is 0 Å². The Hall–Kier alpha value is -0.130. The molecule has 1 rings (SSSR count). The van der Waals surface area contributed by atoms with E-state index in [1.807, 2.05) is 0 Å². The zero-order valence-corrected chi connectivity index (χ0v) is 9.73. The van der Waals surface area contributed by atoms with Crippen LogP contribution in [0.4, 0.5) is 4.39 Å². The van der Waals surface area contributed by atoms with Gasteiger partial charge in [-0.05, 0) is 12.1 Å². The van der Waals surface area contributed by atoms with Crippen LogP contribution in [0.5, 0.6) is 0 Å². The van der Waals surface area contributed by atoms with Crippen molar-refractivity contribution >= 4 is 64.5 Å². The van der Waals surface area contributed by atoms with Crippen LogP contribution >= 0.6 is 23.2 Å². The molecule has 1 aromatic rings. The summed E-state index contributed by atoms with van der Waals surface area (Å²) in [5.74, 6) is -2.09. The van der Waals surface area contributed by atoms with Gasteiger partial charge in [0, 0.05) is 5.56 Å². The number of halogens is 3. The molecule has 0 spiro atoms. The molecule has 0 radical (unpaired) electrons. The molecule has 0 N–H and O–H groups in total. The number of hydrogen-bond donors (Lipinski definition) is 0. The number of methoxy groups -OCH3 is 1. The molecule has 17 heavy (non-hydrogen) atoms. The first-order chi connectivity index (χ1) is 7.45. The van der Waals surface area contributed by atoms with Crippen molar-refractivity contribution in [3.63, 3.8) is 0 Å². The normalized spacial score (nSPS) is 9.41. The Morgan fingerprint density at radius 3 is 2.41 bits per heavy atom. The average molecular weight is 289 g/mol. The van der Waals surface area contributed by atoms with Gasteiger partial charge in [0.1, 0.15) is 12.2 Å². The van der Waals surface area contributed by atoms with Crippen molar-refractivity contribution in [1.82, 2.24) is 0 Å². The zero-order chi connectivity index (χ0) is 12.3. The Labute approximate surface area is 130 Å². The van der Waals surface area contributed by atoms with E-state index in [0.717, 1.165) is 19.2 Å². The molecular weight excluding hydrogens is 281 g/mol. The average Bonchev–Trinajstić information content (AvgIpc) is 2.23. The molecule has 88 valence electrons. The third kappa shape index (κ3) is 4.56. The summed E-state index contributed by atoms with van der Waals surface area (Å²) < 4.78 is 17.4. The van der Waals surface area contributed by atoms with Crippen molar-refractivity contribution < 1.29 is 18.7 Å². The number of ether oxygens (including phenoxy) is 1. The molecule has 0 bridgehead atoms. The molecule has 0 unspecified atom stereocenters. The number of Topliss-reactive ketones (excluding diaryl/α,β-unsaturated/α-hetero) is 1. The third-order valence-corrected chi connectivity index (χ3v) is 2.45. The number of esters is 1. The zero-order valence-electron chi connectivity index (χ0n) is 8.22. The van der Waals surface area contributed by atoms with E-state index in [-0.39, 0.29) is 45.2 Å². The van der Waals surface area contributed by atoms with Crippen molar-refractivity contribution in [2.24, 2.45) is 0 Å². The molecule has 0 saturated carbocycles. The quantitative estimate of drug-likeness (QED) is 0.282. The molecule has 0 saturated heterocycles. The van der Waals surface area contributed by atoms with Gasteiger partial charge >= 0.3 is 35.5 Å². The van der Waals surface area contributed by atoms with Gasteiger partial charge in [-0.3, -0.25) is 9.59 Å². The van der Waals surface area contributed by atoms with Crippen LogP contribution in [0, 0.1) is 5.82 Å². The van der Waals surface area contributed by atoms with Crippen LogP contribution in [-0.2, 0) is 9.53 Å². The summed E-state index contributed by atoms with van der Waals surface area (Å²) in [5, 5.41) is -0.181. The second-order valence-corrected chi connectivity index (χ2v) is 3.74. The van der Waals surface area contributed by atoms with Crippen LogP contribution in [0.1, 0.15) is 16.8 Å². The fourth-order valence-corrected chi connectivity index (χ4v) is 1.52. The van der Waals surface area contributed by atoms with Crippen molar-refractivity contribution in [3.05, 3.63) is 33.6 Å². The van der Waals surface area contributed by atoms with Gasteiger partial charge in [-0.2, -0.15) is 0 Å². The van der Waals surface area contributed by atoms with Crippen LogP contribution in [-0.4, -0.2) is 48.4 Å². The molecule has 0 aliphatic carbocycles. The Morgan fingerprint density at radius 1 is 1.29 bits per heavy atom. The number of ketones is 1. The number of benzene rings is 1. The van der Waals surface area contributed by atoms with Crippen LogP contribution in [0.2, 0.25) is 10.0 Å². The van der Waals surface area contributed by atoms with Crippen molar-refractivity contribution in [2.45, 2.75) is 6.42 Å². The Balaban J connectivity index is 0.00000256. The van der Waals surface area contributed by atoms with E-state index in [1.165, 1.54) is 0 Å². The Bertz CT molecular complexity index is 451. The molecule has 0 fully saturated rings. The van der Waals surface area contributed by atoms with Crippen molar-refractivity contribution in [3.8, 4) is 0 Å². The minimum absolute atomic E-state index is 0. The molecule has 0 aliphatic heterocycles. The van der Waals surface area contributed by atoms with Gasteiger partial charge in [-0.1, -0.05) is 23.2 Å². The maximum absolute atomic E-state index is 13.1. The molecule has 0 aromatic heterocycles. The van der Waals surface area contributed by atoms with E-state index in [2.05, 4.69) is 4.74 Å². The fourth-order valence-electron chi connectivity index (χ4n) is 1.03. The number of rotatable bonds is 3. The Kier molecular flexibility index (Phi) is 7.28. The monoisotopic (exact) mass is 288 g/mol. The maximum atomic E-state index is 13.1.